The van der Waals surface area contributed by atoms with E-state index in [9.17, 15) is 0 Å². The Balaban J connectivity index is 1.21. The van der Waals surface area contributed by atoms with Crippen molar-refractivity contribution in [2.24, 2.45) is 0 Å². The fourth-order valence-electron chi connectivity index (χ4n) is 8.96. The van der Waals surface area contributed by atoms with E-state index in [4.69, 9.17) is 9.97 Å². The predicted molar refractivity (Wildman–Crippen MR) is 213 cm³/mol. The van der Waals surface area contributed by atoms with Crippen LogP contribution in [0.3, 0.4) is 0 Å². The van der Waals surface area contributed by atoms with Crippen molar-refractivity contribution < 1.29 is 0 Å². The summed E-state index contributed by atoms with van der Waals surface area (Å²) >= 11 is 0. The van der Waals surface area contributed by atoms with Crippen molar-refractivity contribution in [2.75, 3.05) is 0 Å². The van der Waals surface area contributed by atoms with E-state index in [0.29, 0.717) is 0 Å². The lowest BCUT2D eigenvalue weighted by Crippen LogP contribution is -2.40. The normalized spacial score (nSPS) is 14.3. The first kappa shape index (κ1) is 30.4. The summed E-state index contributed by atoms with van der Waals surface area (Å²) in [6.45, 7) is 4.76. The van der Waals surface area contributed by atoms with Crippen LogP contribution in [0.4, 0.5) is 0 Å². The van der Waals surface area contributed by atoms with E-state index in [1.807, 2.05) is 6.07 Å². The molecule has 2 heteroatoms. The summed E-state index contributed by atoms with van der Waals surface area (Å²) in [5, 5.41) is 0. The molecule has 0 fully saturated rings. The maximum absolute atomic E-state index is 5.27. The fraction of sp³-hybridized carbons (Fsp3) is 0.0800. The van der Waals surface area contributed by atoms with Crippen molar-refractivity contribution in [3.63, 3.8) is 0 Å². The molecular weight excluding hydrogens is 629 g/mol. The van der Waals surface area contributed by atoms with Crippen LogP contribution in [-0.2, 0) is 10.8 Å². The highest BCUT2D eigenvalue weighted by atomic mass is 14.9. The molecule has 246 valence electrons. The Morgan fingerprint density at radius 1 is 0.327 bits per heavy atom. The molecule has 52 heavy (non-hydrogen) atoms. The van der Waals surface area contributed by atoms with Crippen molar-refractivity contribution in [3.05, 3.63) is 215 Å². The maximum atomic E-state index is 5.27. The van der Waals surface area contributed by atoms with E-state index in [0.717, 1.165) is 39.5 Å². The smallest absolute Gasteiger partial charge is 0.160 e. The minimum absolute atomic E-state index is 0.248. The van der Waals surface area contributed by atoms with Crippen molar-refractivity contribution in [2.45, 2.75) is 24.7 Å². The van der Waals surface area contributed by atoms with E-state index in [-0.39, 0.29) is 5.41 Å². The van der Waals surface area contributed by atoms with Gasteiger partial charge in [0.05, 0.1) is 16.8 Å². The Hall–Kier alpha value is -6.38. The molecule has 1 spiro atoms. The molecule has 0 N–H and O–H groups in total. The first-order valence-corrected chi connectivity index (χ1v) is 18.1. The summed E-state index contributed by atoms with van der Waals surface area (Å²) < 4.78 is 0. The Kier molecular flexibility index (Phi) is 6.78. The van der Waals surface area contributed by atoms with Crippen LogP contribution < -0.4 is 0 Å². The van der Waals surface area contributed by atoms with E-state index in [2.05, 4.69) is 190 Å². The van der Waals surface area contributed by atoms with Gasteiger partial charge in [-0.3, -0.25) is 0 Å². The maximum Gasteiger partial charge on any atom is 0.160 e. The molecule has 0 saturated heterocycles. The van der Waals surface area contributed by atoms with E-state index < -0.39 is 5.41 Å². The van der Waals surface area contributed by atoms with Crippen molar-refractivity contribution in [3.8, 4) is 56.2 Å². The first-order valence-electron chi connectivity index (χ1n) is 18.1. The molecule has 1 heterocycles. The van der Waals surface area contributed by atoms with Gasteiger partial charge in [0.25, 0.3) is 0 Å². The van der Waals surface area contributed by atoms with Crippen molar-refractivity contribution in [1.82, 2.24) is 9.97 Å². The monoisotopic (exact) mass is 664 g/mol. The third kappa shape index (κ3) is 4.44. The number of hydrogen-bond donors (Lipinski definition) is 0. The minimum Gasteiger partial charge on any atom is -0.228 e. The van der Waals surface area contributed by atoms with E-state index in [1.54, 1.807) is 0 Å². The van der Waals surface area contributed by atoms with Crippen LogP contribution in [0.2, 0.25) is 0 Å². The number of nitrogens with zero attached hydrogens (tertiary/aromatic N) is 2. The molecule has 8 aromatic rings. The van der Waals surface area contributed by atoms with Crippen molar-refractivity contribution >= 4 is 0 Å². The van der Waals surface area contributed by atoms with Crippen LogP contribution in [0.1, 0.15) is 47.2 Å². The number of hydrogen-bond acceptors (Lipinski definition) is 2. The molecule has 10 rings (SSSR count). The molecule has 1 aromatic heterocycles. The molecule has 2 aliphatic rings. The summed E-state index contributed by atoms with van der Waals surface area (Å²) in [6, 6.07) is 65.9. The Morgan fingerprint density at radius 3 is 1.46 bits per heavy atom. The quantitative estimate of drug-likeness (QED) is 0.187. The predicted octanol–water partition coefficient (Wildman–Crippen LogP) is 12.1. The van der Waals surface area contributed by atoms with Gasteiger partial charge in [0.2, 0.25) is 0 Å². The number of fused-ring (bicyclic) bond motifs is 9. The van der Waals surface area contributed by atoms with Gasteiger partial charge in [-0.2, -0.15) is 0 Å². The topological polar surface area (TPSA) is 25.8 Å². The van der Waals surface area contributed by atoms with Crippen LogP contribution in [0.25, 0.3) is 56.2 Å². The minimum atomic E-state index is -0.420. The van der Waals surface area contributed by atoms with Gasteiger partial charge in [-0.1, -0.05) is 178 Å². The van der Waals surface area contributed by atoms with Crippen LogP contribution in [0.5, 0.6) is 0 Å². The summed E-state index contributed by atoms with van der Waals surface area (Å²) in [7, 11) is 0. The van der Waals surface area contributed by atoms with E-state index >= 15 is 0 Å². The van der Waals surface area contributed by atoms with Gasteiger partial charge < -0.3 is 0 Å². The lowest BCUT2D eigenvalue weighted by atomic mass is 9.55. The van der Waals surface area contributed by atoms with Gasteiger partial charge in [-0.05, 0) is 73.8 Å². The van der Waals surface area contributed by atoms with Gasteiger partial charge in [0, 0.05) is 22.1 Å². The average Bonchev–Trinajstić information content (AvgIpc) is 3.51. The molecule has 2 nitrogen and oxygen atoms in total. The summed E-state index contributed by atoms with van der Waals surface area (Å²) in [4.78, 5) is 10.4. The second-order valence-corrected chi connectivity index (χ2v) is 14.5. The molecular formula is C50H36N2. The van der Waals surface area contributed by atoms with Gasteiger partial charge >= 0.3 is 0 Å². The van der Waals surface area contributed by atoms with Crippen LogP contribution >= 0.6 is 0 Å². The molecule has 0 aliphatic heterocycles. The third-order valence-electron chi connectivity index (χ3n) is 11.4. The molecule has 0 unspecified atom stereocenters. The number of benzene rings is 7. The van der Waals surface area contributed by atoms with E-state index in [1.165, 1.54) is 50.1 Å². The summed E-state index contributed by atoms with van der Waals surface area (Å²) in [6.07, 6.45) is 0. The standard InChI is InChI=1S/C50H36N2/c1-49(2)42-26-13-14-27-43(42)50(40-24-11-9-22-38(40)39-23-10-12-25-41(39)50)44-29-28-37(31-45(44)49)47-32-46(51-48(52-47)34-18-7-4-8-19-34)36-21-15-20-35(30-36)33-16-5-3-6-17-33/h3-32H,1-2H3. The highest BCUT2D eigenvalue weighted by Crippen LogP contribution is 2.62. The Labute approximate surface area is 305 Å². The lowest BCUT2D eigenvalue weighted by Gasteiger charge is -2.46. The second-order valence-electron chi connectivity index (χ2n) is 14.5. The molecule has 0 amide bonds. The van der Waals surface area contributed by atoms with Gasteiger partial charge in [0.1, 0.15) is 0 Å². The first-order chi connectivity index (χ1) is 25.5. The van der Waals surface area contributed by atoms with Gasteiger partial charge in [-0.15, -0.1) is 0 Å². The fourth-order valence-corrected chi connectivity index (χ4v) is 8.96. The highest BCUT2D eigenvalue weighted by Gasteiger charge is 2.53. The summed E-state index contributed by atoms with van der Waals surface area (Å²) in [5.74, 6) is 0.718. The highest BCUT2D eigenvalue weighted by molar-refractivity contribution is 5.89. The van der Waals surface area contributed by atoms with Crippen molar-refractivity contribution in [1.29, 1.82) is 0 Å². The zero-order valence-corrected chi connectivity index (χ0v) is 29.2. The molecule has 0 saturated carbocycles. The van der Waals surface area contributed by atoms with Crippen LogP contribution in [0, 0.1) is 0 Å². The second kappa shape index (κ2) is 11.6. The lowest BCUT2D eigenvalue weighted by molar-refractivity contribution is 0.563. The third-order valence-corrected chi connectivity index (χ3v) is 11.4. The van der Waals surface area contributed by atoms with Crippen LogP contribution in [-0.4, -0.2) is 9.97 Å². The number of aromatic nitrogens is 2. The van der Waals surface area contributed by atoms with Gasteiger partial charge in [0.15, 0.2) is 5.82 Å². The Bertz CT molecular complexity index is 2610. The van der Waals surface area contributed by atoms with Crippen LogP contribution in [0.15, 0.2) is 182 Å². The zero-order chi connectivity index (χ0) is 34.9. The molecule has 7 aromatic carbocycles. The van der Waals surface area contributed by atoms with Gasteiger partial charge in [-0.25, -0.2) is 9.97 Å². The Morgan fingerprint density at radius 2 is 0.808 bits per heavy atom. The zero-order valence-electron chi connectivity index (χ0n) is 29.2. The molecule has 0 atom stereocenters. The molecule has 0 radical (unpaired) electrons. The SMILES string of the molecule is CC1(C)c2ccccc2C2(c3ccccc3-c3ccccc32)c2ccc(-c3cc(-c4cccc(-c5ccccc5)c4)nc(-c4ccccc4)n3)cc21. The average molecular weight is 665 g/mol. The number of rotatable bonds is 4. The molecule has 0 bridgehead atoms. The summed E-state index contributed by atoms with van der Waals surface area (Å²) in [5.41, 5.74) is 17.3. The molecule has 2 aliphatic carbocycles. The largest absolute Gasteiger partial charge is 0.228 e.